The number of aryl methyl sites for hydroxylation is 1. The average Bonchev–Trinajstić information content (AvgIpc) is 3.31. The number of carbonyl (C=O) groups is 2. The molecule has 3 aliphatic rings. The summed E-state index contributed by atoms with van der Waals surface area (Å²) in [7, 11) is 0. The van der Waals surface area contributed by atoms with Crippen LogP contribution in [0, 0.1) is 18.8 Å². The van der Waals surface area contributed by atoms with Crippen LogP contribution in [-0.4, -0.2) is 45.9 Å². The van der Waals surface area contributed by atoms with Gasteiger partial charge in [-0.05, 0) is 44.1 Å². The van der Waals surface area contributed by atoms with E-state index in [9.17, 15) is 9.59 Å². The third kappa shape index (κ3) is 5.04. The topological polar surface area (TPSA) is 76.5 Å². The fourth-order valence-electron chi connectivity index (χ4n) is 5.56. The number of aromatic nitrogens is 2. The van der Waals surface area contributed by atoms with Gasteiger partial charge in [-0.25, -0.2) is 4.98 Å². The van der Waals surface area contributed by atoms with Crippen molar-refractivity contribution in [2.45, 2.75) is 71.1 Å². The zero-order valence-corrected chi connectivity index (χ0v) is 20.2. The summed E-state index contributed by atoms with van der Waals surface area (Å²) < 4.78 is 8.16. The number of nitrogens with zero attached hydrogens (tertiary/aromatic N) is 3. The Morgan fingerprint density at radius 3 is 2.53 bits per heavy atom. The van der Waals surface area contributed by atoms with Crippen LogP contribution in [0.1, 0.15) is 78.4 Å². The van der Waals surface area contributed by atoms with Gasteiger partial charge in [0.1, 0.15) is 6.10 Å². The molecule has 1 atom stereocenters. The predicted molar refractivity (Wildman–Crippen MR) is 129 cm³/mol. The van der Waals surface area contributed by atoms with E-state index in [1.54, 1.807) is 6.33 Å². The van der Waals surface area contributed by atoms with Gasteiger partial charge in [0, 0.05) is 25.6 Å². The minimum absolute atomic E-state index is 0.00199. The fourth-order valence-corrected chi connectivity index (χ4v) is 5.56. The van der Waals surface area contributed by atoms with Gasteiger partial charge in [-0.2, -0.15) is 0 Å². The third-order valence-electron chi connectivity index (χ3n) is 7.82. The van der Waals surface area contributed by atoms with E-state index in [4.69, 9.17) is 4.74 Å². The van der Waals surface area contributed by atoms with E-state index in [-0.39, 0.29) is 23.8 Å². The summed E-state index contributed by atoms with van der Waals surface area (Å²) >= 11 is 0. The Hall–Kier alpha value is -2.67. The molecule has 1 N–H and O–H groups in total. The van der Waals surface area contributed by atoms with Crippen LogP contribution in [0.5, 0.6) is 0 Å². The van der Waals surface area contributed by atoms with Crippen LogP contribution in [0.3, 0.4) is 0 Å². The maximum Gasteiger partial charge on any atom is 0.274 e. The maximum absolute atomic E-state index is 13.2. The molecular formula is C27H36N4O3. The number of amides is 2. The van der Waals surface area contributed by atoms with Crippen molar-refractivity contribution in [2.24, 2.45) is 11.8 Å². The van der Waals surface area contributed by atoms with E-state index < -0.39 is 0 Å². The second kappa shape index (κ2) is 10.3. The van der Waals surface area contributed by atoms with E-state index >= 15 is 0 Å². The molecule has 1 saturated carbocycles. The molecule has 0 spiro atoms. The zero-order valence-electron chi connectivity index (χ0n) is 20.2. The number of benzene rings is 1. The maximum atomic E-state index is 13.2. The number of hydrogen-bond donors (Lipinski definition) is 1. The lowest BCUT2D eigenvalue weighted by Gasteiger charge is -2.32. The SMILES string of the molecule is Cc1ccc([C@H]2Cn3cnc(C(=O)N4CCC(C(=O)NCC5CCCCC5)CC4)c3CO2)cc1. The lowest BCUT2D eigenvalue weighted by molar-refractivity contribution is -0.126. The third-order valence-corrected chi connectivity index (χ3v) is 7.82. The van der Waals surface area contributed by atoms with Crippen LogP contribution in [0.2, 0.25) is 0 Å². The molecule has 182 valence electrons. The van der Waals surface area contributed by atoms with Crippen molar-refractivity contribution >= 4 is 11.8 Å². The Morgan fingerprint density at radius 1 is 1.06 bits per heavy atom. The molecule has 1 aromatic carbocycles. The summed E-state index contributed by atoms with van der Waals surface area (Å²) in [6.07, 6.45) is 9.53. The molecule has 1 saturated heterocycles. The number of imidazole rings is 1. The Balaban J connectivity index is 1.14. The van der Waals surface area contributed by atoms with Gasteiger partial charge in [0.25, 0.3) is 5.91 Å². The molecule has 3 heterocycles. The van der Waals surface area contributed by atoms with Crippen molar-refractivity contribution in [2.75, 3.05) is 19.6 Å². The first-order chi connectivity index (χ1) is 16.6. The van der Waals surface area contributed by atoms with Crippen LogP contribution in [0.15, 0.2) is 30.6 Å². The van der Waals surface area contributed by atoms with Crippen molar-refractivity contribution in [1.29, 1.82) is 0 Å². The Morgan fingerprint density at radius 2 is 1.79 bits per heavy atom. The molecule has 7 heteroatoms. The van der Waals surface area contributed by atoms with Crippen molar-refractivity contribution in [3.8, 4) is 0 Å². The van der Waals surface area contributed by atoms with Crippen LogP contribution in [-0.2, 0) is 22.7 Å². The van der Waals surface area contributed by atoms with E-state index in [2.05, 4.69) is 41.5 Å². The summed E-state index contributed by atoms with van der Waals surface area (Å²) in [5.41, 5.74) is 3.70. The number of rotatable bonds is 5. The monoisotopic (exact) mass is 464 g/mol. The highest BCUT2D eigenvalue weighted by atomic mass is 16.5. The summed E-state index contributed by atoms with van der Waals surface area (Å²) in [4.78, 5) is 32.2. The molecular weight excluding hydrogens is 428 g/mol. The number of likely N-dealkylation sites (tertiary alicyclic amines) is 1. The van der Waals surface area contributed by atoms with E-state index in [0.29, 0.717) is 50.7 Å². The lowest BCUT2D eigenvalue weighted by Crippen LogP contribution is -2.44. The van der Waals surface area contributed by atoms with Gasteiger partial charge in [0.15, 0.2) is 5.69 Å². The molecule has 34 heavy (non-hydrogen) atoms. The van der Waals surface area contributed by atoms with Gasteiger partial charge in [0.05, 0.1) is 25.2 Å². The normalized spacial score (nSPS) is 21.8. The minimum Gasteiger partial charge on any atom is -0.365 e. The molecule has 2 amide bonds. The van der Waals surface area contributed by atoms with E-state index in [0.717, 1.165) is 17.8 Å². The second-order valence-corrected chi connectivity index (χ2v) is 10.2. The summed E-state index contributed by atoms with van der Waals surface area (Å²) in [6, 6.07) is 8.39. The van der Waals surface area contributed by atoms with Gasteiger partial charge in [-0.15, -0.1) is 0 Å². The number of fused-ring (bicyclic) bond motifs is 1. The smallest absolute Gasteiger partial charge is 0.274 e. The van der Waals surface area contributed by atoms with Gasteiger partial charge in [-0.3, -0.25) is 9.59 Å². The first kappa shape index (κ1) is 23.1. The van der Waals surface area contributed by atoms with Crippen molar-refractivity contribution < 1.29 is 14.3 Å². The van der Waals surface area contributed by atoms with Crippen LogP contribution in [0.25, 0.3) is 0 Å². The van der Waals surface area contributed by atoms with Crippen molar-refractivity contribution in [3.63, 3.8) is 0 Å². The minimum atomic E-state index is -0.0489. The summed E-state index contributed by atoms with van der Waals surface area (Å²) in [5.74, 6) is 0.751. The number of nitrogens with one attached hydrogen (secondary N) is 1. The van der Waals surface area contributed by atoms with E-state index in [1.165, 1.54) is 37.7 Å². The Bertz CT molecular complexity index is 1000. The standard InChI is InChI=1S/C27H36N4O3/c1-19-7-9-21(10-8-19)24-16-31-18-29-25(23(31)17-34-24)27(33)30-13-11-22(12-14-30)26(32)28-15-20-5-3-2-4-6-20/h7-10,18,20,22,24H,2-6,11-17H2,1H3,(H,28,32)/t24-/m1/s1. The van der Waals surface area contributed by atoms with Crippen molar-refractivity contribution in [3.05, 3.63) is 53.1 Å². The van der Waals surface area contributed by atoms with Crippen LogP contribution < -0.4 is 5.32 Å². The van der Waals surface area contributed by atoms with Gasteiger partial charge >= 0.3 is 0 Å². The molecule has 0 radical (unpaired) electrons. The van der Waals surface area contributed by atoms with E-state index in [1.807, 2.05) is 9.47 Å². The largest absolute Gasteiger partial charge is 0.365 e. The van der Waals surface area contributed by atoms with Gasteiger partial charge in [-0.1, -0.05) is 49.1 Å². The molecule has 7 nitrogen and oxygen atoms in total. The van der Waals surface area contributed by atoms with Gasteiger partial charge < -0.3 is 19.5 Å². The molecule has 0 unspecified atom stereocenters. The molecule has 5 rings (SSSR count). The number of hydrogen-bond acceptors (Lipinski definition) is 4. The zero-order chi connectivity index (χ0) is 23.5. The van der Waals surface area contributed by atoms with Crippen LogP contribution >= 0.6 is 0 Å². The van der Waals surface area contributed by atoms with Crippen LogP contribution in [0.4, 0.5) is 0 Å². The second-order valence-electron chi connectivity index (χ2n) is 10.2. The Labute approximate surface area is 201 Å². The predicted octanol–water partition coefficient (Wildman–Crippen LogP) is 4.01. The number of ether oxygens (including phenoxy) is 1. The first-order valence-corrected chi connectivity index (χ1v) is 12.9. The summed E-state index contributed by atoms with van der Waals surface area (Å²) in [6.45, 7) is 5.10. The first-order valence-electron chi connectivity index (χ1n) is 12.9. The summed E-state index contributed by atoms with van der Waals surface area (Å²) in [5, 5.41) is 3.18. The lowest BCUT2D eigenvalue weighted by atomic mass is 9.89. The highest BCUT2D eigenvalue weighted by Crippen LogP contribution is 2.29. The molecule has 2 aromatic rings. The molecule has 1 aliphatic carbocycles. The van der Waals surface area contributed by atoms with Crippen molar-refractivity contribution in [1.82, 2.24) is 19.8 Å². The van der Waals surface area contributed by atoms with Gasteiger partial charge in [0.2, 0.25) is 5.91 Å². The molecule has 2 fully saturated rings. The average molecular weight is 465 g/mol. The molecule has 2 aliphatic heterocycles. The Kier molecular flexibility index (Phi) is 6.99. The number of piperidine rings is 1. The number of carbonyl (C=O) groups excluding carboxylic acids is 2. The fraction of sp³-hybridized carbons (Fsp3) is 0.593. The molecule has 0 bridgehead atoms. The quantitative estimate of drug-likeness (QED) is 0.725. The highest BCUT2D eigenvalue weighted by Gasteiger charge is 2.32. The highest BCUT2D eigenvalue weighted by molar-refractivity contribution is 5.93. The molecule has 1 aromatic heterocycles.